The average Bonchev–Trinajstić information content (AvgIpc) is 2.76. The molecule has 10 heteroatoms. The summed E-state index contributed by atoms with van der Waals surface area (Å²) in [6.07, 6.45) is 1.38. The zero-order valence-corrected chi connectivity index (χ0v) is 21.7. The maximum Gasteiger partial charge on any atom is 0.244 e. The minimum Gasteiger partial charge on any atom is -0.497 e. The molecular formula is C24H32ClN3O5S. The molecule has 2 aromatic rings. The molecule has 34 heavy (non-hydrogen) atoms. The summed E-state index contributed by atoms with van der Waals surface area (Å²) < 4.78 is 31.3. The number of hydrogen-bond donors (Lipinski definition) is 1. The van der Waals surface area contributed by atoms with Crippen LogP contribution in [0.5, 0.6) is 5.75 Å². The molecule has 1 N–H and O–H groups in total. The first-order valence-corrected chi connectivity index (χ1v) is 13.1. The van der Waals surface area contributed by atoms with E-state index in [1.165, 1.54) is 11.0 Å². The van der Waals surface area contributed by atoms with Gasteiger partial charge in [0.1, 0.15) is 18.3 Å². The Bertz CT molecular complexity index is 1090. The van der Waals surface area contributed by atoms with E-state index in [1.807, 2.05) is 20.8 Å². The Kier molecular flexibility index (Phi) is 9.76. The largest absolute Gasteiger partial charge is 0.497 e. The lowest BCUT2D eigenvalue weighted by Gasteiger charge is -2.33. The molecule has 8 nitrogen and oxygen atoms in total. The predicted octanol–water partition coefficient (Wildman–Crippen LogP) is 3.45. The summed E-state index contributed by atoms with van der Waals surface area (Å²) in [6, 6.07) is 12.5. The van der Waals surface area contributed by atoms with Crippen LogP contribution in [-0.4, -0.2) is 57.1 Å². The van der Waals surface area contributed by atoms with Crippen LogP contribution in [0.2, 0.25) is 5.02 Å². The molecule has 0 fully saturated rings. The second kappa shape index (κ2) is 12.1. The monoisotopic (exact) mass is 509 g/mol. The van der Waals surface area contributed by atoms with Crippen LogP contribution in [0.1, 0.15) is 32.8 Å². The molecule has 0 aliphatic carbocycles. The average molecular weight is 510 g/mol. The van der Waals surface area contributed by atoms with Gasteiger partial charge >= 0.3 is 0 Å². The van der Waals surface area contributed by atoms with Gasteiger partial charge in [-0.1, -0.05) is 36.7 Å². The van der Waals surface area contributed by atoms with E-state index >= 15 is 0 Å². The number of benzene rings is 2. The molecule has 1 atom stereocenters. The Morgan fingerprint density at radius 3 is 2.26 bits per heavy atom. The summed E-state index contributed by atoms with van der Waals surface area (Å²) in [4.78, 5) is 27.9. The molecule has 0 bridgehead atoms. The number of carbonyl (C=O) groups is 2. The van der Waals surface area contributed by atoms with Crippen molar-refractivity contribution in [3.63, 3.8) is 0 Å². The number of sulfonamides is 1. The molecule has 0 radical (unpaired) electrons. The molecule has 2 aromatic carbocycles. The zero-order chi connectivity index (χ0) is 25.5. The molecule has 186 valence electrons. The topological polar surface area (TPSA) is 96.0 Å². The lowest BCUT2D eigenvalue weighted by Crippen LogP contribution is -2.53. The van der Waals surface area contributed by atoms with Crippen LogP contribution in [-0.2, 0) is 26.2 Å². The highest BCUT2D eigenvalue weighted by Gasteiger charge is 2.32. The van der Waals surface area contributed by atoms with Crippen LogP contribution in [0, 0.1) is 0 Å². The summed E-state index contributed by atoms with van der Waals surface area (Å²) in [6.45, 7) is 5.14. The number of halogens is 1. The van der Waals surface area contributed by atoms with Gasteiger partial charge < -0.3 is 15.0 Å². The smallest absolute Gasteiger partial charge is 0.244 e. The molecule has 0 aromatic heterocycles. The van der Waals surface area contributed by atoms with E-state index in [-0.39, 0.29) is 24.2 Å². The van der Waals surface area contributed by atoms with Crippen molar-refractivity contribution in [1.29, 1.82) is 0 Å². The van der Waals surface area contributed by atoms with Crippen LogP contribution in [0.4, 0.5) is 5.69 Å². The van der Waals surface area contributed by atoms with Crippen LogP contribution >= 0.6 is 11.6 Å². The van der Waals surface area contributed by atoms with E-state index in [0.29, 0.717) is 17.2 Å². The van der Waals surface area contributed by atoms with Crippen molar-refractivity contribution >= 4 is 39.1 Å². The molecule has 0 saturated heterocycles. The fourth-order valence-corrected chi connectivity index (χ4v) is 4.50. The second-order valence-electron chi connectivity index (χ2n) is 8.21. The van der Waals surface area contributed by atoms with Crippen LogP contribution in [0.15, 0.2) is 48.5 Å². The third-order valence-electron chi connectivity index (χ3n) is 5.10. The van der Waals surface area contributed by atoms with Gasteiger partial charge in [0, 0.05) is 17.6 Å². The van der Waals surface area contributed by atoms with Gasteiger partial charge in [-0.25, -0.2) is 8.42 Å². The van der Waals surface area contributed by atoms with Gasteiger partial charge in [-0.3, -0.25) is 13.9 Å². The highest BCUT2D eigenvalue weighted by atomic mass is 35.5. The molecule has 0 saturated carbocycles. The molecule has 0 spiro atoms. The molecule has 0 unspecified atom stereocenters. The first-order chi connectivity index (χ1) is 16.0. The molecule has 2 rings (SSSR count). The number of ether oxygens (including phenoxy) is 1. The normalized spacial score (nSPS) is 12.2. The maximum absolute atomic E-state index is 13.6. The maximum atomic E-state index is 13.6. The van der Waals surface area contributed by atoms with Crippen molar-refractivity contribution in [2.75, 3.05) is 24.2 Å². The lowest BCUT2D eigenvalue weighted by molar-refractivity contribution is -0.140. The Morgan fingerprint density at radius 1 is 1.12 bits per heavy atom. The molecular weight excluding hydrogens is 478 g/mol. The minimum atomic E-state index is -3.81. The fourth-order valence-electron chi connectivity index (χ4n) is 3.47. The number of anilines is 1. The van der Waals surface area contributed by atoms with E-state index in [4.69, 9.17) is 16.3 Å². The summed E-state index contributed by atoms with van der Waals surface area (Å²) in [5.41, 5.74) is 1.05. The van der Waals surface area contributed by atoms with Gasteiger partial charge in [0.15, 0.2) is 0 Å². The molecule has 0 heterocycles. The van der Waals surface area contributed by atoms with Crippen molar-refractivity contribution in [1.82, 2.24) is 10.2 Å². The number of nitrogens with zero attached hydrogens (tertiary/aromatic N) is 2. The summed E-state index contributed by atoms with van der Waals surface area (Å²) >= 11 is 6.05. The standard InChI is InChI=1S/C24H32ClN3O5S/c1-6-22(24(30)26-17(2)3)27(15-18-10-12-21(33-4)13-11-18)23(29)16-28(34(5,31)32)20-9-7-8-19(25)14-20/h7-14,17,22H,6,15-16H2,1-5H3,(H,26,30)/t22-/m0/s1. The summed E-state index contributed by atoms with van der Waals surface area (Å²) in [7, 11) is -2.25. The SMILES string of the molecule is CC[C@@H](C(=O)NC(C)C)N(Cc1ccc(OC)cc1)C(=O)CN(c1cccc(Cl)c1)S(C)(=O)=O. The van der Waals surface area contributed by atoms with Gasteiger partial charge in [0.2, 0.25) is 21.8 Å². The van der Waals surface area contributed by atoms with Gasteiger partial charge in [-0.2, -0.15) is 0 Å². The first-order valence-electron chi connectivity index (χ1n) is 10.9. The van der Waals surface area contributed by atoms with Gasteiger partial charge in [-0.15, -0.1) is 0 Å². The second-order valence-corrected chi connectivity index (χ2v) is 10.5. The van der Waals surface area contributed by atoms with E-state index in [2.05, 4.69) is 5.32 Å². The number of hydrogen-bond acceptors (Lipinski definition) is 5. The van der Waals surface area contributed by atoms with Crippen LogP contribution < -0.4 is 14.4 Å². The Hall–Kier alpha value is -2.78. The zero-order valence-electron chi connectivity index (χ0n) is 20.1. The van der Waals surface area contributed by atoms with Crippen molar-refractivity contribution in [2.24, 2.45) is 0 Å². The fraction of sp³-hybridized carbons (Fsp3) is 0.417. The third kappa shape index (κ3) is 7.63. The number of carbonyl (C=O) groups excluding carboxylic acids is 2. The number of rotatable bonds is 11. The van der Waals surface area contributed by atoms with Gasteiger partial charge in [0.25, 0.3) is 0 Å². The van der Waals surface area contributed by atoms with E-state index < -0.39 is 28.5 Å². The first kappa shape index (κ1) is 27.5. The minimum absolute atomic E-state index is 0.113. The van der Waals surface area contributed by atoms with Crippen LogP contribution in [0.3, 0.4) is 0 Å². The Balaban J connectivity index is 2.43. The van der Waals surface area contributed by atoms with Crippen molar-refractivity contribution in [2.45, 2.75) is 45.8 Å². The highest BCUT2D eigenvalue weighted by Crippen LogP contribution is 2.23. The molecule has 0 aliphatic rings. The summed E-state index contributed by atoms with van der Waals surface area (Å²) in [5, 5.41) is 3.20. The van der Waals surface area contributed by atoms with E-state index in [0.717, 1.165) is 16.1 Å². The van der Waals surface area contributed by atoms with Gasteiger partial charge in [0.05, 0.1) is 19.1 Å². The molecule has 0 aliphatic heterocycles. The molecule has 2 amide bonds. The van der Waals surface area contributed by atoms with E-state index in [9.17, 15) is 18.0 Å². The number of amides is 2. The van der Waals surface area contributed by atoms with Crippen molar-refractivity contribution in [3.05, 3.63) is 59.1 Å². The Morgan fingerprint density at radius 2 is 1.76 bits per heavy atom. The highest BCUT2D eigenvalue weighted by molar-refractivity contribution is 7.92. The van der Waals surface area contributed by atoms with Crippen molar-refractivity contribution < 1.29 is 22.7 Å². The summed E-state index contributed by atoms with van der Waals surface area (Å²) in [5.74, 6) is -0.143. The lowest BCUT2D eigenvalue weighted by atomic mass is 10.1. The number of nitrogens with one attached hydrogen (secondary N) is 1. The van der Waals surface area contributed by atoms with Gasteiger partial charge in [-0.05, 0) is 56.2 Å². The quantitative estimate of drug-likeness (QED) is 0.500. The third-order valence-corrected chi connectivity index (χ3v) is 6.48. The van der Waals surface area contributed by atoms with Crippen LogP contribution in [0.25, 0.3) is 0 Å². The van der Waals surface area contributed by atoms with E-state index in [1.54, 1.807) is 49.6 Å². The number of methoxy groups -OCH3 is 1. The Labute approximate surface area is 206 Å². The van der Waals surface area contributed by atoms with Crippen molar-refractivity contribution in [3.8, 4) is 5.75 Å². The predicted molar refractivity (Wildman–Crippen MR) is 135 cm³/mol.